The standard InChI is InChI=1S/C19H22N4O2/c20-18(24)15-8-9-22(12-15)19(25)16-10-21-23(17(16)14-6-7-14)11-13-4-2-1-3-5-13/h1-5,10,14-15H,6-9,11-12H2,(H2,20,24)/t15-/m0/s1. The molecule has 6 nitrogen and oxygen atoms in total. The van der Waals surface area contributed by atoms with Gasteiger partial charge in [0.1, 0.15) is 0 Å². The first-order valence-corrected chi connectivity index (χ1v) is 8.81. The monoisotopic (exact) mass is 338 g/mol. The first kappa shape index (κ1) is 15.9. The zero-order valence-corrected chi connectivity index (χ0v) is 14.1. The molecule has 6 heteroatoms. The van der Waals surface area contributed by atoms with E-state index in [1.807, 2.05) is 22.9 Å². The van der Waals surface area contributed by atoms with Crippen molar-refractivity contribution in [3.8, 4) is 0 Å². The van der Waals surface area contributed by atoms with Crippen molar-refractivity contribution >= 4 is 11.8 Å². The largest absolute Gasteiger partial charge is 0.369 e. The van der Waals surface area contributed by atoms with Gasteiger partial charge in [0.2, 0.25) is 5.91 Å². The maximum absolute atomic E-state index is 13.0. The van der Waals surface area contributed by atoms with E-state index in [1.165, 1.54) is 5.56 Å². The summed E-state index contributed by atoms with van der Waals surface area (Å²) in [6.07, 6.45) is 4.55. The molecule has 1 saturated heterocycles. The molecular formula is C19H22N4O2. The molecule has 4 rings (SSSR count). The van der Waals surface area contributed by atoms with Crippen LogP contribution in [0.2, 0.25) is 0 Å². The van der Waals surface area contributed by atoms with Gasteiger partial charge in [-0.3, -0.25) is 14.3 Å². The summed E-state index contributed by atoms with van der Waals surface area (Å²) in [6.45, 7) is 1.67. The fourth-order valence-corrected chi connectivity index (χ4v) is 3.58. The Morgan fingerprint density at radius 1 is 1.16 bits per heavy atom. The SMILES string of the molecule is NC(=O)[C@H]1CCN(C(=O)c2cnn(Cc3ccccc3)c2C2CC2)C1. The molecule has 1 aromatic heterocycles. The molecule has 1 aromatic carbocycles. The summed E-state index contributed by atoms with van der Waals surface area (Å²) in [5, 5.41) is 4.50. The molecule has 2 fully saturated rings. The minimum atomic E-state index is -0.322. The third-order valence-corrected chi connectivity index (χ3v) is 5.13. The van der Waals surface area contributed by atoms with Crippen molar-refractivity contribution in [2.75, 3.05) is 13.1 Å². The van der Waals surface area contributed by atoms with Gasteiger partial charge in [-0.15, -0.1) is 0 Å². The molecular weight excluding hydrogens is 316 g/mol. The van der Waals surface area contributed by atoms with E-state index in [2.05, 4.69) is 17.2 Å². The molecule has 2 N–H and O–H groups in total. The number of likely N-dealkylation sites (tertiary alicyclic amines) is 1. The van der Waals surface area contributed by atoms with E-state index in [1.54, 1.807) is 11.1 Å². The molecule has 1 aliphatic heterocycles. The molecule has 2 amide bonds. The van der Waals surface area contributed by atoms with E-state index in [0.717, 1.165) is 18.5 Å². The third kappa shape index (κ3) is 3.16. The molecule has 2 heterocycles. The van der Waals surface area contributed by atoms with Gasteiger partial charge in [0, 0.05) is 19.0 Å². The van der Waals surface area contributed by atoms with Crippen molar-refractivity contribution in [3.63, 3.8) is 0 Å². The Morgan fingerprint density at radius 2 is 1.92 bits per heavy atom. The summed E-state index contributed by atoms with van der Waals surface area (Å²) in [4.78, 5) is 26.1. The fourth-order valence-electron chi connectivity index (χ4n) is 3.58. The number of benzene rings is 1. The Morgan fingerprint density at radius 3 is 2.56 bits per heavy atom. The molecule has 0 bridgehead atoms. The summed E-state index contributed by atoms with van der Waals surface area (Å²) in [5.74, 6) is -0.158. The highest BCUT2D eigenvalue weighted by atomic mass is 16.2. The molecule has 2 aromatic rings. The van der Waals surface area contributed by atoms with Crippen LogP contribution in [-0.4, -0.2) is 39.6 Å². The lowest BCUT2D eigenvalue weighted by molar-refractivity contribution is -0.121. The first-order valence-electron chi connectivity index (χ1n) is 8.81. The summed E-state index contributed by atoms with van der Waals surface area (Å²) >= 11 is 0. The number of nitrogens with two attached hydrogens (primary N) is 1. The molecule has 0 radical (unpaired) electrons. The number of carbonyl (C=O) groups excluding carboxylic acids is 2. The summed E-state index contributed by atoms with van der Waals surface area (Å²) in [6, 6.07) is 10.1. The average Bonchev–Trinajstić information content (AvgIpc) is 3.17. The number of rotatable bonds is 5. The van der Waals surface area contributed by atoms with Gasteiger partial charge >= 0.3 is 0 Å². The van der Waals surface area contributed by atoms with Crippen LogP contribution in [0.15, 0.2) is 36.5 Å². The highest BCUT2D eigenvalue weighted by Gasteiger charge is 2.36. The number of aromatic nitrogens is 2. The van der Waals surface area contributed by atoms with Crippen LogP contribution in [0.4, 0.5) is 0 Å². The Labute approximate surface area is 146 Å². The van der Waals surface area contributed by atoms with Crippen LogP contribution in [-0.2, 0) is 11.3 Å². The van der Waals surface area contributed by atoms with Gasteiger partial charge in [0.15, 0.2) is 0 Å². The Balaban J connectivity index is 1.58. The number of primary amides is 1. The van der Waals surface area contributed by atoms with Gasteiger partial charge in [-0.05, 0) is 24.8 Å². The third-order valence-electron chi connectivity index (χ3n) is 5.13. The van der Waals surface area contributed by atoms with Crippen molar-refractivity contribution < 1.29 is 9.59 Å². The highest BCUT2D eigenvalue weighted by molar-refractivity contribution is 5.96. The maximum Gasteiger partial charge on any atom is 0.257 e. The van der Waals surface area contributed by atoms with E-state index >= 15 is 0 Å². The van der Waals surface area contributed by atoms with Crippen molar-refractivity contribution in [1.82, 2.24) is 14.7 Å². The van der Waals surface area contributed by atoms with E-state index in [4.69, 9.17) is 5.73 Å². The summed E-state index contributed by atoms with van der Waals surface area (Å²) < 4.78 is 1.96. The van der Waals surface area contributed by atoms with Gasteiger partial charge in [-0.1, -0.05) is 30.3 Å². The highest BCUT2D eigenvalue weighted by Crippen LogP contribution is 2.42. The van der Waals surface area contributed by atoms with Gasteiger partial charge in [0.25, 0.3) is 5.91 Å². The number of hydrogen-bond acceptors (Lipinski definition) is 3. The normalized spacial score (nSPS) is 20.0. The molecule has 1 aliphatic carbocycles. The van der Waals surface area contributed by atoms with Crippen molar-refractivity contribution in [2.24, 2.45) is 11.7 Å². The van der Waals surface area contributed by atoms with Crippen molar-refractivity contribution in [3.05, 3.63) is 53.3 Å². The molecule has 1 atom stereocenters. The summed E-state index contributed by atoms with van der Waals surface area (Å²) in [5.41, 5.74) is 8.27. The molecule has 0 spiro atoms. The van der Waals surface area contributed by atoms with Crippen LogP contribution in [0, 0.1) is 5.92 Å². The first-order chi connectivity index (χ1) is 12.1. The lowest BCUT2D eigenvalue weighted by Crippen LogP contribution is -2.32. The van der Waals surface area contributed by atoms with Crippen LogP contribution < -0.4 is 5.73 Å². The van der Waals surface area contributed by atoms with Crippen molar-refractivity contribution in [1.29, 1.82) is 0 Å². The van der Waals surface area contributed by atoms with E-state index in [9.17, 15) is 9.59 Å². The maximum atomic E-state index is 13.0. The van der Waals surface area contributed by atoms with Crippen LogP contribution in [0.1, 0.15) is 46.8 Å². The average molecular weight is 338 g/mol. The predicted octanol–water partition coefficient (Wildman–Crippen LogP) is 1.76. The van der Waals surface area contributed by atoms with Gasteiger partial charge in [-0.25, -0.2) is 0 Å². The minimum Gasteiger partial charge on any atom is -0.369 e. The predicted molar refractivity (Wildman–Crippen MR) is 93.0 cm³/mol. The van der Waals surface area contributed by atoms with Gasteiger partial charge in [0.05, 0.1) is 29.9 Å². The van der Waals surface area contributed by atoms with Crippen molar-refractivity contribution in [2.45, 2.75) is 31.7 Å². The van der Waals surface area contributed by atoms with Crippen LogP contribution in [0.25, 0.3) is 0 Å². The van der Waals surface area contributed by atoms with Gasteiger partial charge in [-0.2, -0.15) is 5.10 Å². The smallest absolute Gasteiger partial charge is 0.257 e. The Kier molecular flexibility index (Phi) is 4.03. The molecule has 0 unspecified atom stereocenters. The second kappa shape index (κ2) is 6.35. The number of nitrogens with zero attached hydrogens (tertiary/aromatic N) is 3. The summed E-state index contributed by atoms with van der Waals surface area (Å²) in [7, 11) is 0. The van der Waals surface area contributed by atoms with E-state index in [0.29, 0.717) is 37.5 Å². The molecule has 25 heavy (non-hydrogen) atoms. The zero-order chi connectivity index (χ0) is 17.4. The van der Waals surface area contributed by atoms with Gasteiger partial charge < -0.3 is 10.6 Å². The lowest BCUT2D eigenvalue weighted by atomic mass is 10.1. The Hall–Kier alpha value is -2.63. The number of carbonyl (C=O) groups is 2. The second-order valence-electron chi connectivity index (χ2n) is 7.00. The number of amides is 2. The molecule has 1 saturated carbocycles. The molecule has 130 valence electrons. The van der Waals surface area contributed by atoms with Crippen LogP contribution in [0.3, 0.4) is 0 Å². The van der Waals surface area contributed by atoms with E-state index in [-0.39, 0.29) is 17.7 Å². The minimum absolute atomic E-state index is 0.0232. The quantitative estimate of drug-likeness (QED) is 0.902. The zero-order valence-electron chi connectivity index (χ0n) is 14.1. The fraction of sp³-hybridized carbons (Fsp3) is 0.421. The lowest BCUT2D eigenvalue weighted by Gasteiger charge is -2.16. The van der Waals surface area contributed by atoms with E-state index < -0.39 is 0 Å². The number of hydrogen-bond donors (Lipinski definition) is 1. The topological polar surface area (TPSA) is 81.2 Å². The second-order valence-corrected chi connectivity index (χ2v) is 7.00. The Bertz CT molecular complexity index is 795. The van der Waals surface area contributed by atoms with Crippen LogP contribution in [0.5, 0.6) is 0 Å². The molecule has 2 aliphatic rings. The van der Waals surface area contributed by atoms with Crippen LogP contribution >= 0.6 is 0 Å².